The molecule has 2 N–H and O–H groups in total. The number of benzene rings is 2. The standard InChI is InChI=1S/C18H17N3O3/c1-11(22)12-3-6-17(24-2)13(7-12)9-18(23)20-15-4-5-16-14(8-15)10-19-21-16/h3-8,10H,9H2,1-2H3,(H,19,21)(H,20,23). The van der Waals surface area contributed by atoms with Crippen LogP contribution >= 0.6 is 0 Å². The number of nitrogens with zero attached hydrogens (tertiary/aromatic N) is 1. The zero-order chi connectivity index (χ0) is 17.1. The van der Waals surface area contributed by atoms with Gasteiger partial charge in [-0.25, -0.2) is 0 Å². The molecule has 1 aromatic heterocycles. The van der Waals surface area contributed by atoms with Gasteiger partial charge in [0.05, 0.1) is 25.2 Å². The number of ketones is 1. The minimum absolute atomic E-state index is 0.0512. The highest BCUT2D eigenvalue weighted by molar-refractivity contribution is 5.97. The van der Waals surface area contributed by atoms with Gasteiger partial charge in [0.2, 0.25) is 5.91 Å². The molecule has 3 rings (SSSR count). The monoisotopic (exact) mass is 323 g/mol. The third kappa shape index (κ3) is 3.27. The van der Waals surface area contributed by atoms with Crippen molar-refractivity contribution in [3.8, 4) is 5.75 Å². The first-order valence-electron chi connectivity index (χ1n) is 7.47. The number of methoxy groups -OCH3 is 1. The second-order valence-corrected chi connectivity index (χ2v) is 5.48. The lowest BCUT2D eigenvalue weighted by Crippen LogP contribution is -2.15. The number of carbonyl (C=O) groups is 2. The fraction of sp³-hybridized carbons (Fsp3) is 0.167. The number of amides is 1. The molecule has 0 radical (unpaired) electrons. The number of anilines is 1. The van der Waals surface area contributed by atoms with Crippen molar-refractivity contribution in [1.29, 1.82) is 0 Å². The number of rotatable bonds is 5. The van der Waals surface area contributed by atoms with Gasteiger partial charge in [0.1, 0.15) is 5.75 Å². The number of H-pyrrole nitrogens is 1. The summed E-state index contributed by atoms with van der Waals surface area (Å²) in [5.74, 6) is 0.349. The number of nitrogens with one attached hydrogen (secondary N) is 2. The summed E-state index contributed by atoms with van der Waals surface area (Å²) in [4.78, 5) is 23.9. The van der Waals surface area contributed by atoms with Gasteiger partial charge in [-0.3, -0.25) is 14.7 Å². The van der Waals surface area contributed by atoms with E-state index in [9.17, 15) is 9.59 Å². The molecule has 0 bridgehead atoms. The van der Waals surface area contributed by atoms with Crippen LogP contribution in [-0.2, 0) is 11.2 Å². The lowest BCUT2D eigenvalue weighted by molar-refractivity contribution is -0.115. The summed E-state index contributed by atoms with van der Waals surface area (Å²) in [6.45, 7) is 1.49. The van der Waals surface area contributed by atoms with Crippen molar-refractivity contribution in [1.82, 2.24) is 10.2 Å². The number of hydrogen-bond donors (Lipinski definition) is 2. The van der Waals surface area contributed by atoms with Crippen LogP contribution in [0.25, 0.3) is 10.9 Å². The van der Waals surface area contributed by atoms with Crippen LogP contribution in [0.5, 0.6) is 5.75 Å². The molecule has 0 aliphatic rings. The van der Waals surface area contributed by atoms with E-state index in [0.717, 1.165) is 10.9 Å². The molecule has 0 atom stereocenters. The maximum absolute atomic E-state index is 12.3. The summed E-state index contributed by atoms with van der Waals surface area (Å²) in [6, 6.07) is 10.6. The van der Waals surface area contributed by atoms with Crippen LogP contribution in [0, 0.1) is 0 Å². The number of aromatic amines is 1. The third-order valence-corrected chi connectivity index (χ3v) is 3.76. The molecule has 1 amide bonds. The SMILES string of the molecule is COc1ccc(C(C)=O)cc1CC(=O)Nc1ccc2[nH]ncc2c1. The van der Waals surface area contributed by atoms with Gasteiger partial charge in [-0.15, -0.1) is 0 Å². The van der Waals surface area contributed by atoms with Gasteiger partial charge in [0.15, 0.2) is 5.78 Å². The first kappa shape index (κ1) is 15.7. The van der Waals surface area contributed by atoms with Crippen molar-refractivity contribution in [2.24, 2.45) is 0 Å². The van der Waals surface area contributed by atoms with Crippen molar-refractivity contribution in [2.75, 3.05) is 12.4 Å². The molecule has 0 unspecified atom stereocenters. The Bertz CT molecular complexity index is 915. The third-order valence-electron chi connectivity index (χ3n) is 3.76. The number of carbonyl (C=O) groups excluding carboxylic acids is 2. The summed E-state index contributed by atoms with van der Waals surface area (Å²) in [7, 11) is 1.54. The summed E-state index contributed by atoms with van der Waals surface area (Å²) < 4.78 is 5.27. The number of fused-ring (bicyclic) bond motifs is 1. The summed E-state index contributed by atoms with van der Waals surface area (Å²) in [5, 5.41) is 10.6. The zero-order valence-corrected chi connectivity index (χ0v) is 13.4. The van der Waals surface area contributed by atoms with Crippen LogP contribution in [0.2, 0.25) is 0 Å². The maximum atomic E-state index is 12.3. The molecule has 0 saturated carbocycles. The molecule has 6 heteroatoms. The van der Waals surface area contributed by atoms with E-state index in [1.54, 1.807) is 24.4 Å². The van der Waals surface area contributed by atoms with Crippen LogP contribution < -0.4 is 10.1 Å². The van der Waals surface area contributed by atoms with E-state index in [1.165, 1.54) is 14.0 Å². The highest BCUT2D eigenvalue weighted by Crippen LogP contribution is 2.22. The Morgan fingerprint density at radius 2 is 2.04 bits per heavy atom. The topological polar surface area (TPSA) is 84.1 Å². The minimum atomic E-state index is -0.183. The van der Waals surface area contributed by atoms with Gasteiger partial charge >= 0.3 is 0 Å². The Hall–Kier alpha value is -3.15. The first-order valence-corrected chi connectivity index (χ1v) is 7.47. The molecular formula is C18H17N3O3. The molecule has 0 aliphatic carbocycles. The molecular weight excluding hydrogens is 306 g/mol. The fourth-order valence-electron chi connectivity index (χ4n) is 2.53. The van der Waals surface area contributed by atoms with Crippen molar-refractivity contribution in [2.45, 2.75) is 13.3 Å². The predicted molar refractivity (Wildman–Crippen MR) is 91.4 cm³/mol. The summed E-state index contributed by atoms with van der Waals surface area (Å²) >= 11 is 0. The maximum Gasteiger partial charge on any atom is 0.228 e. The Labute approximate surface area is 138 Å². The van der Waals surface area contributed by atoms with Crippen LogP contribution in [0.3, 0.4) is 0 Å². The molecule has 6 nitrogen and oxygen atoms in total. The second-order valence-electron chi connectivity index (χ2n) is 5.48. The Kier molecular flexibility index (Phi) is 4.29. The van der Waals surface area contributed by atoms with E-state index in [-0.39, 0.29) is 18.1 Å². The van der Waals surface area contributed by atoms with Crippen molar-refractivity contribution in [3.05, 3.63) is 53.7 Å². The lowest BCUT2D eigenvalue weighted by atomic mass is 10.0. The Balaban J connectivity index is 1.78. The van der Waals surface area contributed by atoms with Crippen LogP contribution in [0.15, 0.2) is 42.6 Å². The van der Waals surface area contributed by atoms with E-state index in [4.69, 9.17) is 4.74 Å². The van der Waals surface area contributed by atoms with Gasteiger partial charge in [-0.2, -0.15) is 5.10 Å². The highest BCUT2D eigenvalue weighted by atomic mass is 16.5. The van der Waals surface area contributed by atoms with Gasteiger partial charge in [0.25, 0.3) is 0 Å². The zero-order valence-electron chi connectivity index (χ0n) is 13.4. The number of hydrogen-bond acceptors (Lipinski definition) is 4. The smallest absolute Gasteiger partial charge is 0.228 e. The number of ether oxygens (including phenoxy) is 1. The van der Waals surface area contributed by atoms with Crippen LogP contribution in [-0.4, -0.2) is 29.0 Å². The van der Waals surface area contributed by atoms with E-state index >= 15 is 0 Å². The molecule has 0 saturated heterocycles. The number of Topliss-reactive ketones (excluding diaryl/α,β-unsaturated/α-hetero) is 1. The molecule has 24 heavy (non-hydrogen) atoms. The van der Waals surface area contributed by atoms with Crippen molar-refractivity contribution in [3.63, 3.8) is 0 Å². The molecule has 3 aromatic rings. The molecule has 0 fully saturated rings. The van der Waals surface area contributed by atoms with Gasteiger partial charge in [0, 0.05) is 22.2 Å². The Morgan fingerprint density at radius 1 is 1.21 bits per heavy atom. The number of aromatic nitrogens is 2. The van der Waals surface area contributed by atoms with Crippen molar-refractivity contribution < 1.29 is 14.3 Å². The quantitative estimate of drug-likeness (QED) is 0.707. The van der Waals surface area contributed by atoms with E-state index in [2.05, 4.69) is 15.5 Å². The predicted octanol–water partition coefficient (Wildman–Crippen LogP) is 2.96. The average molecular weight is 323 g/mol. The fourth-order valence-corrected chi connectivity index (χ4v) is 2.53. The van der Waals surface area contributed by atoms with Crippen molar-refractivity contribution >= 4 is 28.3 Å². The largest absolute Gasteiger partial charge is 0.496 e. The van der Waals surface area contributed by atoms with E-state index in [0.29, 0.717) is 22.6 Å². The van der Waals surface area contributed by atoms with Gasteiger partial charge in [-0.05, 0) is 43.3 Å². The van der Waals surface area contributed by atoms with Crippen LogP contribution in [0.1, 0.15) is 22.8 Å². The summed E-state index contributed by atoms with van der Waals surface area (Å²) in [5.41, 5.74) is 2.82. The van der Waals surface area contributed by atoms with E-state index < -0.39 is 0 Å². The molecule has 0 aliphatic heterocycles. The lowest BCUT2D eigenvalue weighted by Gasteiger charge is -2.10. The Morgan fingerprint density at radius 3 is 2.79 bits per heavy atom. The molecule has 122 valence electrons. The first-order chi connectivity index (χ1) is 11.6. The minimum Gasteiger partial charge on any atom is -0.496 e. The van der Waals surface area contributed by atoms with Gasteiger partial charge in [-0.1, -0.05) is 0 Å². The molecule has 1 heterocycles. The van der Waals surface area contributed by atoms with E-state index in [1.807, 2.05) is 18.2 Å². The van der Waals surface area contributed by atoms with Crippen LogP contribution in [0.4, 0.5) is 5.69 Å². The van der Waals surface area contributed by atoms with Gasteiger partial charge < -0.3 is 10.1 Å². The molecule has 2 aromatic carbocycles. The second kappa shape index (κ2) is 6.54. The molecule has 0 spiro atoms. The average Bonchev–Trinajstić information content (AvgIpc) is 3.02. The highest BCUT2D eigenvalue weighted by Gasteiger charge is 2.12. The normalized spacial score (nSPS) is 10.6. The summed E-state index contributed by atoms with van der Waals surface area (Å²) in [6.07, 6.45) is 1.82.